The van der Waals surface area contributed by atoms with E-state index in [1.165, 1.54) is 4.68 Å². The van der Waals surface area contributed by atoms with Crippen LogP contribution in [0.5, 0.6) is 0 Å². The second kappa shape index (κ2) is 11.1. The minimum atomic E-state index is -0.781. The van der Waals surface area contributed by atoms with Crippen LogP contribution in [0.3, 0.4) is 0 Å². The third kappa shape index (κ3) is 5.33. The molecule has 4 aromatic rings. The summed E-state index contributed by atoms with van der Waals surface area (Å²) in [7, 11) is 0. The van der Waals surface area contributed by atoms with Crippen molar-refractivity contribution in [1.82, 2.24) is 24.6 Å². The van der Waals surface area contributed by atoms with Crippen molar-refractivity contribution in [2.24, 2.45) is 11.7 Å². The number of carbonyl (C=O) groups excluding carboxylic acids is 4. The molecule has 42 heavy (non-hydrogen) atoms. The van der Waals surface area contributed by atoms with E-state index >= 15 is 0 Å². The fourth-order valence-corrected chi connectivity index (χ4v) is 6.02. The first-order chi connectivity index (χ1) is 20.3. The Labute approximate surface area is 244 Å². The molecule has 5 amide bonds. The van der Waals surface area contributed by atoms with Crippen LogP contribution in [0.1, 0.15) is 29.8 Å². The van der Waals surface area contributed by atoms with Crippen molar-refractivity contribution in [3.05, 3.63) is 71.8 Å². The minimum Gasteiger partial charge on any atom is -0.364 e. The lowest BCUT2D eigenvalue weighted by molar-refractivity contribution is -0.141. The van der Waals surface area contributed by atoms with Gasteiger partial charge in [0.2, 0.25) is 11.8 Å². The van der Waals surface area contributed by atoms with Crippen LogP contribution >= 0.6 is 11.6 Å². The van der Waals surface area contributed by atoms with Gasteiger partial charge in [0.1, 0.15) is 23.6 Å². The van der Waals surface area contributed by atoms with Crippen molar-refractivity contribution >= 4 is 63.4 Å². The molecule has 1 aliphatic heterocycles. The molecule has 6 rings (SSSR count). The summed E-state index contributed by atoms with van der Waals surface area (Å²) in [5.74, 6) is -1.07. The summed E-state index contributed by atoms with van der Waals surface area (Å²) in [5.41, 5.74) is 7.00. The quantitative estimate of drug-likeness (QED) is 0.240. The lowest BCUT2D eigenvalue weighted by atomic mass is 9.97. The van der Waals surface area contributed by atoms with Gasteiger partial charge in [-0.05, 0) is 67.6 Å². The van der Waals surface area contributed by atoms with Crippen LogP contribution in [0.25, 0.3) is 10.9 Å². The number of piperidine rings is 1. The first-order valence-corrected chi connectivity index (χ1v) is 13.7. The molecule has 5 N–H and O–H groups in total. The number of hydrogen-bond acceptors (Lipinski definition) is 7. The topological polar surface area (TPSA) is 177 Å². The van der Waals surface area contributed by atoms with Crippen molar-refractivity contribution in [3.63, 3.8) is 0 Å². The number of rotatable bonds is 7. The molecule has 1 saturated carbocycles. The lowest BCUT2D eigenvalue weighted by Crippen LogP contribution is -2.52. The minimum absolute atomic E-state index is 0.0283. The maximum atomic E-state index is 13.7. The SMILES string of the molecule is NC(=O)c1nn(CC(=O)N2[C@@H]3CC[C@@H](C3)[C@H]2C(=O)Nc2cccc(Cl)n2)c2ccc(NC(=O)Nc3ccncc3)cc12. The van der Waals surface area contributed by atoms with Crippen LogP contribution in [-0.4, -0.2) is 60.5 Å². The third-order valence-electron chi connectivity index (χ3n) is 7.57. The van der Waals surface area contributed by atoms with Crippen molar-refractivity contribution in [1.29, 1.82) is 0 Å². The number of primary amides is 1. The van der Waals surface area contributed by atoms with Crippen LogP contribution in [0, 0.1) is 5.92 Å². The number of hydrogen-bond donors (Lipinski definition) is 4. The summed E-state index contributed by atoms with van der Waals surface area (Å²) in [6.07, 6.45) is 5.48. The number of fused-ring (bicyclic) bond motifs is 3. The van der Waals surface area contributed by atoms with Crippen molar-refractivity contribution in [3.8, 4) is 0 Å². The Morgan fingerprint density at radius 1 is 0.976 bits per heavy atom. The maximum Gasteiger partial charge on any atom is 0.323 e. The van der Waals surface area contributed by atoms with E-state index in [-0.39, 0.29) is 41.2 Å². The van der Waals surface area contributed by atoms with E-state index in [1.807, 2.05) is 0 Å². The first-order valence-electron chi connectivity index (χ1n) is 13.3. The van der Waals surface area contributed by atoms with Gasteiger partial charge in [-0.3, -0.25) is 24.0 Å². The molecular formula is C28H26ClN9O4. The number of nitrogens with one attached hydrogen (secondary N) is 3. The molecule has 3 aromatic heterocycles. The Hall–Kier alpha value is -5.04. The summed E-state index contributed by atoms with van der Waals surface area (Å²) in [6.45, 7) is -0.207. The molecule has 3 atom stereocenters. The zero-order chi connectivity index (χ0) is 29.4. The van der Waals surface area contributed by atoms with Gasteiger partial charge in [0.25, 0.3) is 5.91 Å². The molecule has 0 radical (unpaired) electrons. The molecule has 0 unspecified atom stereocenters. The summed E-state index contributed by atoms with van der Waals surface area (Å²) in [5, 5.41) is 13.1. The number of benzene rings is 1. The van der Waals surface area contributed by atoms with Crippen molar-refractivity contribution in [2.75, 3.05) is 16.0 Å². The predicted octanol–water partition coefficient (Wildman–Crippen LogP) is 3.24. The van der Waals surface area contributed by atoms with Gasteiger partial charge >= 0.3 is 6.03 Å². The standard InChI is InChI=1S/C28H26ClN9O4/c29-21-2-1-3-22(34-21)35-27(41)25-15-4-6-18(12-15)38(25)23(39)14-37-20-7-5-17(13-19(20)24(36-37)26(30)40)33-28(42)32-16-8-10-31-11-9-16/h1-3,5,7-11,13,15,18,25H,4,6,12,14H2,(H2,30,40)(H,34,35,41)(H2,31,32,33,42)/t15-,18+,25-/m0/s1. The molecule has 14 heteroatoms. The van der Waals surface area contributed by atoms with Gasteiger partial charge in [-0.15, -0.1) is 0 Å². The van der Waals surface area contributed by atoms with Gasteiger partial charge in [0.15, 0.2) is 5.69 Å². The van der Waals surface area contributed by atoms with E-state index in [2.05, 4.69) is 31.0 Å². The number of carbonyl (C=O) groups is 4. The second-order valence-electron chi connectivity index (χ2n) is 10.2. The van der Waals surface area contributed by atoms with Crippen molar-refractivity contribution in [2.45, 2.75) is 37.9 Å². The van der Waals surface area contributed by atoms with Crippen LogP contribution in [0.15, 0.2) is 60.9 Å². The first kappa shape index (κ1) is 27.1. The highest BCUT2D eigenvalue weighted by molar-refractivity contribution is 6.29. The van der Waals surface area contributed by atoms with Gasteiger partial charge in [-0.2, -0.15) is 5.10 Å². The number of nitrogens with zero attached hydrogens (tertiary/aromatic N) is 5. The van der Waals surface area contributed by atoms with Crippen molar-refractivity contribution < 1.29 is 19.2 Å². The van der Waals surface area contributed by atoms with E-state index in [0.29, 0.717) is 28.1 Å². The van der Waals surface area contributed by atoms with Crippen LogP contribution in [-0.2, 0) is 16.1 Å². The molecule has 1 saturated heterocycles. The zero-order valence-electron chi connectivity index (χ0n) is 22.2. The number of urea groups is 1. The summed E-state index contributed by atoms with van der Waals surface area (Å²) >= 11 is 5.96. The normalized spacial score (nSPS) is 19.1. The molecule has 2 fully saturated rings. The Kier molecular flexibility index (Phi) is 7.17. The van der Waals surface area contributed by atoms with E-state index in [9.17, 15) is 19.2 Å². The average molecular weight is 588 g/mol. The number of amides is 5. The third-order valence-corrected chi connectivity index (χ3v) is 7.78. The second-order valence-corrected chi connectivity index (χ2v) is 10.6. The molecule has 1 aromatic carbocycles. The Morgan fingerprint density at radius 3 is 2.52 bits per heavy atom. The highest BCUT2D eigenvalue weighted by atomic mass is 35.5. The Balaban J connectivity index is 1.22. The smallest absolute Gasteiger partial charge is 0.323 e. The predicted molar refractivity (Wildman–Crippen MR) is 155 cm³/mol. The molecule has 13 nitrogen and oxygen atoms in total. The highest BCUT2D eigenvalue weighted by Gasteiger charge is 2.51. The van der Waals surface area contributed by atoms with E-state index in [1.54, 1.807) is 65.8 Å². The molecule has 214 valence electrons. The molecule has 1 aliphatic carbocycles. The molecular weight excluding hydrogens is 562 g/mol. The molecule has 4 heterocycles. The number of anilines is 3. The van der Waals surface area contributed by atoms with E-state index < -0.39 is 18.0 Å². The molecule has 0 spiro atoms. The summed E-state index contributed by atoms with van der Waals surface area (Å²) in [4.78, 5) is 61.4. The Morgan fingerprint density at radius 2 is 1.76 bits per heavy atom. The zero-order valence-corrected chi connectivity index (χ0v) is 22.9. The molecule has 2 bridgehead atoms. The van der Waals surface area contributed by atoms with Gasteiger partial charge in [-0.1, -0.05) is 17.7 Å². The number of likely N-dealkylation sites (tertiary alicyclic amines) is 1. The fraction of sp³-hybridized carbons (Fsp3) is 0.250. The van der Waals surface area contributed by atoms with Crippen LogP contribution in [0.2, 0.25) is 5.15 Å². The molecule has 2 aliphatic rings. The average Bonchev–Trinajstić information content (AvgIpc) is 3.67. The van der Waals surface area contributed by atoms with Gasteiger partial charge in [0.05, 0.1) is 5.52 Å². The number of pyridine rings is 2. The highest BCUT2D eigenvalue weighted by Crippen LogP contribution is 2.43. The fourth-order valence-electron chi connectivity index (χ4n) is 5.86. The number of nitrogens with two attached hydrogens (primary N) is 1. The van der Waals surface area contributed by atoms with Crippen LogP contribution in [0.4, 0.5) is 22.0 Å². The monoisotopic (exact) mass is 587 g/mol. The summed E-state index contributed by atoms with van der Waals surface area (Å²) in [6, 6.07) is 11.8. The number of halogens is 1. The largest absolute Gasteiger partial charge is 0.364 e. The van der Waals surface area contributed by atoms with Gasteiger partial charge in [0, 0.05) is 35.2 Å². The maximum absolute atomic E-state index is 13.7. The Bertz CT molecular complexity index is 1710. The van der Waals surface area contributed by atoms with E-state index in [4.69, 9.17) is 17.3 Å². The number of aromatic nitrogens is 4. The lowest BCUT2D eigenvalue weighted by Gasteiger charge is -2.34. The van der Waals surface area contributed by atoms with Gasteiger partial charge in [-0.25, -0.2) is 9.78 Å². The summed E-state index contributed by atoms with van der Waals surface area (Å²) < 4.78 is 1.40. The van der Waals surface area contributed by atoms with E-state index in [0.717, 1.165) is 19.3 Å². The van der Waals surface area contributed by atoms with Crippen LogP contribution < -0.4 is 21.7 Å². The van der Waals surface area contributed by atoms with Gasteiger partial charge < -0.3 is 26.6 Å².